The number of hydrogen-bond acceptors (Lipinski definition) is 5. The van der Waals surface area contributed by atoms with Crippen LogP contribution in [0.4, 0.5) is 5.69 Å². The fraction of sp³-hybridized carbons (Fsp3) is 0.636. The first-order valence-corrected chi connectivity index (χ1v) is 10.5. The lowest BCUT2D eigenvalue weighted by molar-refractivity contribution is 0.00370. The Balaban J connectivity index is 1.54. The van der Waals surface area contributed by atoms with Gasteiger partial charge in [-0.3, -0.25) is 0 Å². The molecular weight excluding hydrogens is 352 g/mol. The van der Waals surface area contributed by atoms with Crippen molar-refractivity contribution in [1.82, 2.24) is 15.0 Å². The van der Waals surface area contributed by atoms with Crippen molar-refractivity contribution in [2.24, 2.45) is 5.41 Å². The van der Waals surface area contributed by atoms with E-state index in [-0.39, 0.29) is 12.2 Å². The minimum atomic E-state index is 0.104. The fourth-order valence-electron chi connectivity index (χ4n) is 4.11. The van der Waals surface area contributed by atoms with E-state index in [9.17, 15) is 0 Å². The van der Waals surface area contributed by atoms with E-state index in [0.29, 0.717) is 5.41 Å². The van der Waals surface area contributed by atoms with Gasteiger partial charge in [0.2, 0.25) is 0 Å². The molecule has 3 heterocycles. The molecule has 1 atom stereocenters. The third-order valence-electron chi connectivity index (χ3n) is 5.41. The highest BCUT2D eigenvalue weighted by atomic mass is 16.5. The molecule has 2 fully saturated rings. The third kappa shape index (κ3) is 4.32. The largest absolute Gasteiger partial charge is 0.490 e. The maximum Gasteiger partial charge on any atom is 0.131 e. The topological polar surface area (TPSA) is 52.4 Å². The maximum absolute atomic E-state index is 6.14. The van der Waals surface area contributed by atoms with Crippen LogP contribution in [0.25, 0.3) is 11.3 Å². The number of ether oxygens (including phenoxy) is 2. The second-order valence-electron chi connectivity index (χ2n) is 9.18. The molecule has 2 aliphatic heterocycles. The molecule has 6 nitrogen and oxygen atoms in total. The van der Waals surface area contributed by atoms with Crippen LogP contribution in [0.2, 0.25) is 0 Å². The molecule has 2 saturated heterocycles. The summed E-state index contributed by atoms with van der Waals surface area (Å²) in [5.41, 5.74) is 3.44. The Morgan fingerprint density at radius 2 is 2.07 bits per heavy atom. The first-order chi connectivity index (χ1) is 13.4. The van der Waals surface area contributed by atoms with Crippen molar-refractivity contribution >= 4 is 5.69 Å². The molecule has 1 aromatic heterocycles. The van der Waals surface area contributed by atoms with Crippen LogP contribution in [0.15, 0.2) is 24.4 Å². The molecule has 0 aliphatic carbocycles. The van der Waals surface area contributed by atoms with Crippen LogP contribution in [0, 0.1) is 5.41 Å². The van der Waals surface area contributed by atoms with Crippen LogP contribution >= 0.6 is 0 Å². The van der Waals surface area contributed by atoms with Crippen molar-refractivity contribution in [2.75, 3.05) is 24.6 Å². The van der Waals surface area contributed by atoms with Crippen LogP contribution in [0.1, 0.15) is 47.0 Å². The van der Waals surface area contributed by atoms with Crippen molar-refractivity contribution in [3.05, 3.63) is 24.4 Å². The fourth-order valence-corrected chi connectivity index (χ4v) is 4.11. The van der Waals surface area contributed by atoms with Crippen LogP contribution < -0.4 is 9.64 Å². The summed E-state index contributed by atoms with van der Waals surface area (Å²) in [5.74, 6) is 0.873. The average molecular weight is 385 g/mol. The smallest absolute Gasteiger partial charge is 0.131 e. The van der Waals surface area contributed by atoms with Crippen LogP contribution in [0.5, 0.6) is 5.75 Å². The second kappa shape index (κ2) is 7.74. The van der Waals surface area contributed by atoms with Crippen molar-refractivity contribution in [3.63, 3.8) is 0 Å². The monoisotopic (exact) mass is 384 g/mol. The van der Waals surface area contributed by atoms with Crippen molar-refractivity contribution in [3.8, 4) is 17.0 Å². The quantitative estimate of drug-likeness (QED) is 0.749. The molecule has 0 spiro atoms. The molecule has 2 aliphatic rings. The number of aromatic nitrogens is 3. The Morgan fingerprint density at radius 3 is 2.75 bits per heavy atom. The van der Waals surface area contributed by atoms with E-state index in [1.54, 1.807) is 0 Å². The van der Waals surface area contributed by atoms with Crippen molar-refractivity contribution in [2.45, 2.75) is 65.7 Å². The van der Waals surface area contributed by atoms with E-state index in [1.807, 2.05) is 10.9 Å². The molecule has 0 radical (unpaired) electrons. The normalized spacial score (nSPS) is 21.6. The summed E-state index contributed by atoms with van der Waals surface area (Å²) >= 11 is 0. The van der Waals surface area contributed by atoms with Crippen molar-refractivity contribution < 1.29 is 9.47 Å². The van der Waals surface area contributed by atoms with Crippen LogP contribution in [-0.4, -0.2) is 46.9 Å². The molecular formula is C22H32N4O2. The van der Waals surface area contributed by atoms with Gasteiger partial charge in [-0.1, -0.05) is 19.1 Å². The molecule has 152 valence electrons. The van der Waals surface area contributed by atoms with Gasteiger partial charge < -0.3 is 14.4 Å². The Hall–Kier alpha value is -2.08. The van der Waals surface area contributed by atoms with E-state index in [0.717, 1.165) is 56.1 Å². The van der Waals surface area contributed by atoms with Gasteiger partial charge in [-0.25, -0.2) is 4.68 Å². The SMILES string of the molecule is CC(C)Oc1cc(N2CC(C)(C)C2)ccc1-c1cn(C[C@H]2CCCCO2)nn1. The molecule has 0 bridgehead atoms. The van der Waals surface area contributed by atoms with Crippen molar-refractivity contribution in [1.29, 1.82) is 0 Å². The summed E-state index contributed by atoms with van der Waals surface area (Å²) in [7, 11) is 0. The van der Waals surface area contributed by atoms with Gasteiger partial charge in [0.1, 0.15) is 11.4 Å². The Bertz CT molecular complexity index is 801. The lowest BCUT2D eigenvalue weighted by Gasteiger charge is -2.47. The van der Waals surface area contributed by atoms with Crippen LogP contribution in [-0.2, 0) is 11.3 Å². The number of nitrogens with zero attached hydrogens (tertiary/aromatic N) is 4. The summed E-state index contributed by atoms with van der Waals surface area (Å²) in [5, 5.41) is 8.75. The highest BCUT2D eigenvalue weighted by Crippen LogP contribution is 2.38. The molecule has 2 aromatic rings. The third-order valence-corrected chi connectivity index (χ3v) is 5.41. The summed E-state index contributed by atoms with van der Waals surface area (Å²) in [6, 6.07) is 6.43. The summed E-state index contributed by atoms with van der Waals surface area (Å²) in [6.07, 6.45) is 5.84. The molecule has 6 heteroatoms. The molecule has 4 rings (SSSR count). The standard InChI is InChI=1S/C22H32N4O2/c1-16(2)28-21-11-17(25-14-22(3,4)15-25)8-9-19(21)20-13-26(24-23-20)12-18-7-5-6-10-27-18/h8-9,11,13,16,18H,5-7,10,12,14-15H2,1-4H3/t18-/m1/s1. The molecule has 1 aromatic carbocycles. The van der Waals surface area contributed by atoms with E-state index in [2.05, 4.69) is 61.1 Å². The van der Waals surface area contributed by atoms with E-state index in [4.69, 9.17) is 9.47 Å². The van der Waals surface area contributed by atoms with Gasteiger partial charge in [-0.2, -0.15) is 0 Å². The molecule has 0 amide bonds. The predicted molar refractivity (Wildman–Crippen MR) is 111 cm³/mol. The minimum Gasteiger partial charge on any atom is -0.490 e. The Labute approximate surface area is 167 Å². The zero-order valence-corrected chi connectivity index (χ0v) is 17.5. The Kier molecular flexibility index (Phi) is 5.32. The first kappa shape index (κ1) is 19.2. The summed E-state index contributed by atoms with van der Waals surface area (Å²) in [6.45, 7) is 12.5. The number of hydrogen-bond donors (Lipinski definition) is 0. The first-order valence-electron chi connectivity index (χ1n) is 10.5. The van der Waals surface area contributed by atoms with E-state index < -0.39 is 0 Å². The lowest BCUT2D eigenvalue weighted by atomic mass is 9.84. The number of benzene rings is 1. The van der Waals surface area contributed by atoms with Gasteiger partial charge in [0, 0.05) is 37.0 Å². The molecule has 0 saturated carbocycles. The maximum atomic E-state index is 6.14. The van der Waals surface area contributed by atoms with E-state index in [1.165, 1.54) is 12.1 Å². The van der Waals surface area contributed by atoms with Gasteiger partial charge in [-0.05, 0) is 50.7 Å². The van der Waals surface area contributed by atoms with Gasteiger partial charge in [-0.15, -0.1) is 5.10 Å². The van der Waals surface area contributed by atoms with Crippen LogP contribution in [0.3, 0.4) is 0 Å². The average Bonchev–Trinajstić information content (AvgIpc) is 3.08. The second-order valence-corrected chi connectivity index (χ2v) is 9.18. The van der Waals surface area contributed by atoms with Gasteiger partial charge >= 0.3 is 0 Å². The Morgan fingerprint density at radius 1 is 1.25 bits per heavy atom. The minimum absolute atomic E-state index is 0.104. The number of rotatable bonds is 6. The molecule has 0 N–H and O–H groups in total. The zero-order chi connectivity index (χ0) is 19.7. The summed E-state index contributed by atoms with van der Waals surface area (Å²) in [4.78, 5) is 2.40. The molecule has 0 unspecified atom stereocenters. The lowest BCUT2D eigenvalue weighted by Crippen LogP contribution is -2.53. The zero-order valence-electron chi connectivity index (χ0n) is 17.5. The van der Waals surface area contributed by atoms with Gasteiger partial charge in [0.05, 0.1) is 24.9 Å². The highest BCUT2D eigenvalue weighted by Gasteiger charge is 2.34. The number of anilines is 1. The highest BCUT2D eigenvalue weighted by molar-refractivity contribution is 5.71. The summed E-state index contributed by atoms with van der Waals surface area (Å²) < 4.78 is 13.9. The van der Waals surface area contributed by atoms with Gasteiger partial charge in [0.15, 0.2) is 0 Å². The predicted octanol–water partition coefficient (Wildman–Crippen LogP) is 4.15. The molecule has 28 heavy (non-hydrogen) atoms. The van der Waals surface area contributed by atoms with E-state index >= 15 is 0 Å². The van der Waals surface area contributed by atoms with Gasteiger partial charge in [0.25, 0.3) is 0 Å².